The molecule has 0 spiro atoms. The van der Waals surface area contributed by atoms with Gasteiger partial charge in [-0.15, -0.1) is 6.58 Å². The highest BCUT2D eigenvalue weighted by atomic mass is 32.2. The normalized spacial score (nSPS) is 10.9. The third-order valence-electron chi connectivity index (χ3n) is 3.07. The maximum Gasteiger partial charge on any atom is 0.264 e. The van der Waals surface area contributed by atoms with Gasteiger partial charge in [0.1, 0.15) is 0 Å². The summed E-state index contributed by atoms with van der Waals surface area (Å²) in [6.07, 6.45) is 1.50. The topological polar surface area (TPSA) is 80.5 Å². The quantitative estimate of drug-likeness (QED) is 0.829. The van der Waals surface area contributed by atoms with Crippen LogP contribution in [0.25, 0.3) is 0 Å². The second-order valence-electron chi connectivity index (χ2n) is 4.55. The average molecular weight is 316 g/mol. The fraction of sp³-hybridized carbons (Fsp3) is 0.0625. The molecule has 0 aromatic heterocycles. The molecular weight excluding hydrogens is 300 g/mol. The lowest BCUT2D eigenvalue weighted by molar-refractivity contribution is 0.100. The Hall–Kier alpha value is -2.60. The van der Waals surface area contributed by atoms with Crippen molar-refractivity contribution in [3.05, 3.63) is 72.8 Å². The zero-order valence-electron chi connectivity index (χ0n) is 11.8. The molecule has 0 saturated carbocycles. The van der Waals surface area contributed by atoms with Crippen molar-refractivity contribution in [3.63, 3.8) is 0 Å². The van der Waals surface area contributed by atoms with Gasteiger partial charge in [-0.3, -0.25) is 9.10 Å². The molecule has 114 valence electrons. The highest BCUT2D eigenvalue weighted by Crippen LogP contribution is 2.23. The van der Waals surface area contributed by atoms with E-state index in [2.05, 4.69) is 6.58 Å². The van der Waals surface area contributed by atoms with Gasteiger partial charge in [0.15, 0.2) is 0 Å². The summed E-state index contributed by atoms with van der Waals surface area (Å²) in [6.45, 7) is 3.72. The van der Waals surface area contributed by atoms with Gasteiger partial charge < -0.3 is 5.73 Å². The highest BCUT2D eigenvalue weighted by molar-refractivity contribution is 7.92. The second kappa shape index (κ2) is 6.44. The predicted molar refractivity (Wildman–Crippen MR) is 86.1 cm³/mol. The number of primary amides is 1. The van der Waals surface area contributed by atoms with Gasteiger partial charge in [0.2, 0.25) is 5.91 Å². The smallest absolute Gasteiger partial charge is 0.264 e. The third-order valence-corrected chi connectivity index (χ3v) is 4.87. The molecule has 6 heteroatoms. The molecule has 0 heterocycles. The van der Waals surface area contributed by atoms with Gasteiger partial charge in [0, 0.05) is 5.56 Å². The van der Waals surface area contributed by atoms with E-state index >= 15 is 0 Å². The van der Waals surface area contributed by atoms with Gasteiger partial charge in [-0.1, -0.05) is 24.3 Å². The largest absolute Gasteiger partial charge is 0.366 e. The molecule has 0 aliphatic carbocycles. The Balaban J connectivity index is 2.46. The van der Waals surface area contributed by atoms with Crippen LogP contribution in [0, 0.1) is 0 Å². The van der Waals surface area contributed by atoms with E-state index in [0.29, 0.717) is 11.3 Å². The van der Waals surface area contributed by atoms with Gasteiger partial charge in [0.25, 0.3) is 10.0 Å². The van der Waals surface area contributed by atoms with E-state index < -0.39 is 15.9 Å². The van der Waals surface area contributed by atoms with Crippen molar-refractivity contribution in [2.75, 3.05) is 10.8 Å². The molecule has 5 nitrogen and oxygen atoms in total. The van der Waals surface area contributed by atoms with E-state index in [1.807, 2.05) is 0 Å². The molecule has 0 fully saturated rings. The van der Waals surface area contributed by atoms with E-state index in [1.54, 1.807) is 30.3 Å². The second-order valence-corrected chi connectivity index (χ2v) is 6.41. The Morgan fingerprint density at radius 1 is 1.09 bits per heavy atom. The van der Waals surface area contributed by atoms with Crippen molar-refractivity contribution in [2.24, 2.45) is 5.73 Å². The lowest BCUT2D eigenvalue weighted by Crippen LogP contribution is -2.31. The van der Waals surface area contributed by atoms with Crippen LogP contribution < -0.4 is 10.0 Å². The Morgan fingerprint density at radius 3 is 2.18 bits per heavy atom. The molecule has 2 aromatic carbocycles. The average Bonchev–Trinajstić information content (AvgIpc) is 2.53. The van der Waals surface area contributed by atoms with Crippen molar-refractivity contribution < 1.29 is 13.2 Å². The number of anilines is 1. The number of hydrogen-bond acceptors (Lipinski definition) is 3. The summed E-state index contributed by atoms with van der Waals surface area (Å²) in [5, 5.41) is 0. The van der Waals surface area contributed by atoms with E-state index in [1.165, 1.54) is 34.6 Å². The van der Waals surface area contributed by atoms with Crippen molar-refractivity contribution in [3.8, 4) is 0 Å². The van der Waals surface area contributed by atoms with Crippen molar-refractivity contribution in [1.82, 2.24) is 0 Å². The zero-order chi connectivity index (χ0) is 16.2. The fourth-order valence-corrected chi connectivity index (χ4v) is 3.43. The summed E-state index contributed by atoms with van der Waals surface area (Å²) in [7, 11) is -3.70. The van der Waals surface area contributed by atoms with Crippen molar-refractivity contribution in [1.29, 1.82) is 0 Å². The van der Waals surface area contributed by atoms with Crippen LogP contribution in [0.5, 0.6) is 0 Å². The van der Waals surface area contributed by atoms with Crippen LogP contribution >= 0.6 is 0 Å². The van der Waals surface area contributed by atoms with Crippen LogP contribution in [0.1, 0.15) is 10.4 Å². The lowest BCUT2D eigenvalue weighted by atomic mass is 10.2. The fourth-order valence-electron chi connectivity index (χ4n) is 1.97. The van der Waals surface area contributed by atoms with Crippen LogP contribution in [0.4, 0.5) is 5.69 Å². The monoisotopic (exact) mass is 316 g/mol. The van der Waals surface area contributed by atoms with E-state index in [4.69, 9.17) is 5.73 Å². The highest BCUT2D eigenvalue weighted by Gasteiger charge is 2.23. The molecule has 0 unspecified atom stereocenters. The van der Waals surface area contributed by atoms with Gasteiger partial charge in [-0.2, -0.15) is 0 Å². The number of nitrogens with zero attached hydrogens (tertiary/aromatic N) is 1. The molecule has 22 heavy (non-hydrogen) atoms. The third kappa shape index (κ3) is 3.17. The Labute approximate surface area is 129 Å². The first-order valence-electron chi connectivity index (χ1n) is 6.55. The zero-order valence-corrected chi connectivity index (χ0v) is 12.7. The molecule has 2 rings (SSSR count). The Kier molecular flexibility index (Phi) is 4.62. The first-order valence-corrected chi connectivity index (χ1v) is 7.99. The van der Waals surface area contributed by atoms with Gasteiger partial charge in [-0.25, -0.2) is 8.42 Å². The minimum absolute atomic E-state index is 0.118. The number of nitrogens with two attached hydrogens (primary N) is 1. The molecule has 0 bridgehead atoms. The molecule has 1 amide bonds. The number of rotatable bonds is 6. The summed E-state index contributed by atoms with van der Waals surface area (Å²) < 4.78 is 26.7. The molecule has 2 N–H and O–H groups in total. The number of benzene rings is 2. The maximum atomic E-state index is 12.7. The molecule has 0 atom stereocenters. The molecule has 2 aromatic rings. The lowest BCUT2D eigenvalue weighted by Gasteiger charge is -2.23. The minimum atomic E-state index is -3.70. The van der Waals surface area contributed by atoms with Gasteiger partial charge in [0.05, 0.1) is 17.1 Å². The summed E-state index contributed by atoms with van der Waals surface area (Å²) in [6, 6.07) is 14.2. The first-order chi connectivity index (χ1) is 10.5. The molecular formula is C16H16N2O3S. The van der Waals surface area contributed by atoms with E-state index in [9.17, 15) is 13.2 Å². The Bertz CT molecular complexity index is 769. The minimum Gasteiger partial charge on any atom is -0.366 e. The standard InChI is InChI=1S/C16H16N2O3S/c1-2-12-18(14-10-8-13(9-11-14)16(17)19)22(20,21)15-6-4-3-5-7-15/h2-11H,1,12H2,(H2,17,19). The molecule has 0 radical (unpaired) electrons. The van der Waals surface area contributed by atoms with Gasteiger partial charge >= 0.3 is 0 Å². The number of carbonyl (C=O) groups excluding carboxylic acids is 1. The predicted octanol–water partition coefficient (Wildman–Crippen LogP) is 2.17. The van der Waals surface area contributed by atoms with Crippen LogP contribution in [0.15, 0.2) is 72.1 Å². The number of hydrogen-bond donors (Lipinski definition) is 1. The molecule has 0 saturated heterocycles. The summed E-state index contributed by atoms with van der Waals surface area (Å²) in [5.74, 6) is -0.562. The first kappa shape index (κ1) is 15.8. The maximum absolute atomic E-state index is 12.7. The molecule has 0 aliphatic rings. The van der Waals surface area contributed by atoms with E-state index in [-0.39, 0.29) is 11.4 Å². The van der Waals surface area contributed by atoms with Crippen LogP contribution in [0.3, 0.4) is 0 Å². The summed E-state index contributed by atoms with van der Waals surface area (Å²) in [5.41, 5.74) is 5.95. The van der Waals surface area contributed by atoms with Gasteiger partial charge in [-0.05, 0) is 36.4 Å². The molecule has 0 aliphatic heterocycles. The number of carbonyl (C=O) groups is 1. The van der Waals surface area contributed by atoms with Crippen molar-refractivity contribution in [2.45, 2.75) is 4.90 Å². The summed E-state index contributed by atoms with van der Waals surface area (Å²) in [4.78, 5) is 11.3. The Morgan fingerprint density at radius 2 is 1.68 bits per heavy atom. The number of sulfonamides is 1. The SMILES string of the molecule is C=CCN(c1ccc(C(N)=O)cc1)S(=O)(=O)c1ccccc1. The summed E-state index contributed by atoms with van der Waals surface area (Å²) >= 11 is 0. The van der Waals surface area contributed by atoms with Crippen LogP contribution in [-0.4, -0.2) is 20.9 Å². The van der Waals surface area contributed by atoms with Crippen LogP contribution in [-0.2, 0) is 10.0 Å². The number of amides is 1. The van der Waals surface area contributed by atoms with E-state index in [0.717, 1.165) is 0 Å². The van der Waals surface area contributed by atoms with Crippen molar-refractivity contribution >= 4 is 21.6 Å². The van der Waals surface area contributed by atoms with Crippen LogP contribution in [0.2, 0.25) is 0 Å².